The first-order valence-corrected chi connectivity index (χ1v) is 18.7. The van der Waals surface area contributed by atoms with E-state index >= 15 is 0 Å². The molecule has 2 aliphatic rings. The van der Waals surface area contributed by atoms with Gasteiger partial charge in [-0.15, -0.1) is 0 Å². The predicted molar refractivity (Wildman–Crippen MR) is 201 cm³/mol. The van der Waals surface area contributed by atoms with Gasteiger partial charge in [-0.25, -0.2) is 13.6 Å². The van der Waals surface area contributed by atoms with Crippen LogP contribution in [-0.2, 0) is 19.1 Å². The molecular weight excluding hydrogens is 738 g/mol. The first-order valence-electron chi connectivity index (χ1n) is 17.9. The minimum absolute atomic E-state index is 0.000656. The molecule has 5 aromatic rings. The highest BCUT2D eigenvalue weighted by atomic mass is 32.2. The first kappa shape index (κ1) is 38.0. The minimum atomic E-state index is -4.45. The lowest BCUT2D eigenvalue weighted by Crippen LogP contribution is -2.53. The Labute approximate surface area is 319 Å². The average Bonchev–Trinajstić information content (AvgIpc) is 3.66. The molecular formula is C41H38F5N5O3S. The number of nitrogens with one attached hydrogen (secondary N) is 1. The van der Waals surface area contributed by atoms with Crippen LogP contribution in [0.1, 0.15) is 33.9 Å². The number of urea groups is 1. The zero-order valence-electron chi connectivity index (χ0n) is 29.7. The lowest BCUT2D eigenvalue weighted by Gasteiger charge is -2.38. The Morgan fingerprint density at radius 1 is 0.782 bits per heavy atom. The summed E-state index contributed by atoms with van der Waals surface area (Å²) in [6.45, 7) is 3.55. The third-order valence-electron chi connectivity index (χ3n) is 9.63. The van der Waals surface area contributed by atoms with E-state index in [0.29, 0.717) is 75.8 Å². The van der Waals surface area contributed by atoms with Crippen molar-refractivity contribution < 1.29 is 36.0 Å². The normalized spacial score (nSPS) is 14.3. The molecule has 8 nitrogen and oxygen atoms in total. The maximum absolute atomic E-state index is 14.0. The number of piperazine rings is 1. The number of benzene rings is 4. The molecule has 4 aromatic carbocycles. The van der Waals surface area contributed by atoms with Gasteiger partial charge in [-0.3, -0.25) is 14.6 Å². The van der Waals surface area contributed by atoms with E-state index in [1.54, 1.807) is 29.2 Å². The second-order valence-corrected chi connectivity index (χ2v) is 14.4. The second-order valence-electron chi connectivity index (χ2n) is 13.3. The summed E-state index contributed by atoms with van der Waals surface area (Å²) in [5.74, 6) is -0.769. The molecule has 1 N–H and O–H groups in total. The topological polar surface area (TPSA) is 72.3 Å². The summed E-state index contributed by atoms with van der Waals surface area (Å²) in [6.07, 6.45) is -3.26. The number of halogens is 5. The minimum Gasteiger partial charge on any atom is -0.454 e. The lowest BCUT2D eigenvalue weighted by atomic mass is 10.1. The lowest BCUT2D eigenvalue weighted by molar-refractivity contribution is -0.137. The molecule has 0 bridgehead atoms. The molecule has 0 radical (unpaired) electrons. The van der Waals surface area contributed by atoms with E-state index in [4.69, 9.17) is 4.42 Å². The van der Waals surface area contributed by atoms with E-state index in [9.17, 15) is 31.5 Å². The molecule has 3 heterocycles. The Bertz CT molecular complexity index is 2120. The number of fused-ring (bicyclic) bond motifs is 2. The van der Waals surface area contributed by atoms with Gasteiger partial charge in [0.05, 0.1) is 23.5 Å². The largest absolute Gasteiger partial charge is 0.454 e. The van der Waals surface area contributed by atoms with Gasteiger partial charge >= 0.3 is 12.2 Å². The molecule has 3 amide bonds. The molecule has 2 aliphatic heterocycles. The number of carbonyl (C=O) groups excluding carboxylic acids is 2. The highest BCUT2D eigenvalue weighted by Crippen LogP contribution is 2.49. The van der Waals surface area contributed by atoms with Crippen molar-refractivity contribution in [1.29, 1.82) is 0 Å². The fourth-order valence-electron chi connectivity index (χ4n) is 6.72. The summed E-state index contributed by atoms with van der Waals surface area (Å²) in [4.78, 5) is 35.9. The zero-order chi connectivity index (χ0) is 38.5. The van der Waals surface area contributed by atoms with Gasteiger partial charge in [0.2, 0.25) is 0 Å². The molecule has 0 unspecified atom stereocenters. The summed E-state index contributed by atoms with van der Waals surface area (Å²) in [6, 6.07) is 26.1. The van der Waals surface area contributed by atoms with Crippen molar-refractivity contribution >= 4 is 40.8 Å². The van der Waals surface area contributed by atoms with Gasteiger partial charge in [0.1, 0.15) is 17.4 Å². The van der Waals surface area contributed by atoms with Crippen molar-refractivity contribution in [2.45, 2.75) is 35.4 Å². The van der Waals surface area contributed by atoms with Gasteiger partial charge in [0.15, 0.2) is 5.76 Å². The number of hydrogen-bond donors (Lipinski definition) is 1. The van der Waals surface area contributed by atoms with Gasteiger partial charge in [0, 0.05) is 54.7 Å². The van der Waals surface area contributed by atoms with Crippen LogP contribution >= 0.6 is 11.8 Å². The van der Waals surface area contributed by atoms with Crippen LogP contribution in [0.2, 0.25) is 0 Å². The van der Waals surface area contributed by atoms with Crippen LogP contribution < -0.4 is 15.1 Å². The Morgan fingerprint density at radius 3 is 2.20 bits per heavy atom. The standard InChI is InChI=1S/C41H38F5N5O3S/c42-30-9-6-28(7-10-30)18-19-47-39(52)36-16-15-33(54-36)27-51(32-13-11-31(43)12-14-32)40(53)49-24-22-48(23-25-49)20-3-21-50-34-4-1-2-5-37(34)55-38-17-8-29(26-35(38)50)41(44,45)46/h1-2,4-17,26H,3,18-25,27H2,(H,47,52). The van der Waals surface area contributed by atoms with Crippen molar-refractivity contribution in [1.82, 2.24) is 15.1 Å². The van der Waals surface area contributed by atoms with E-state index in [0.717, 1.165) is 27.1 Å². The number of hydrogen-bond acceptors (Lipinski definition) is 6. The molecule has 0 spiro atoms. The number of carbonyl (C=O) groups is 2. The van der Waals surface area contributed by atoms with Crippen LogP contribution in [0.15, 0.2) is 117 Å². The molecule has 7 rings (SSSR count). The number of rotatable bonds is 11. The Balaban J connectivity index is 0.954. The van der Waals surface area contributed by atoms with Crippen LogP contribution in [0.25, 0.3) is 0 Å². The number of nitrogens with zero attached hydrogens (tertiary/aromatic N) is 4. The number of alkyl halides is 3. The van der Waals surface area contributed by atoms with E-state index < -0.39 is 23.5 Å². The summed E-state index contributed by atoms with van der Waals surface area (Å²) in [7, 11) is 0. The molecule has 1 fully saturated rings. The fourth-order valence-corrected chi connectivity index (χ4v) is 7.80. The third-order valence-corrected chi connectivity index (χ3v) is 10.8. The number of amides is 3. The van der Waals surface area contributed by atoms with Gasteiger partial charge in [-0.1, -0.05) is 36.0 Å². The fraction of sp³-hybridized carbons (Fsp3) is 0.268. The highest BCUT2D eigenvalue weighted by Gasteiger charge is 2.34. The molecule has 286 valence electrons. The SMILES string of the molecule is O=C(NCCc1ccc(F)cc1)c1ccc(CN(C(=O)N2CCN(CCCN3c4ccccc4Sc4ccc(C(F)(F)F)cc43)CC2)c2ccc(F)cc2)o1. The number of para-hydroxylation sites is 1. The van der Waals surface area contributed by atoms with E-state index in [-0.39, 0.29) is 24.2 Å². The molecule has 1 aromatic heterocycles. The Morgan fingerprint density at radius 2 is 1.47 bits per heavy atom. The van der Waals surface area contributed by atoms with Gasteiger partial charge in [0.25, 0.3) is 5.91 Å². The highest BCUT2D eigenvalue weighted by molar-refractivity contribution is 7.99. The van der Waals surface area contributed by atoms with Crippen molar-refractivity contribution in [2.75, 3.05) is 55.6 Å². The molecule has 1 saturated heterocycles. The molecule has 55 heavy (non-hydrogen) atoms. The molecule has 0 aliphatic carbocycles. The first-order chi connectivity index (χ1) is 26.5. The van der Waals surface area contributed by atoms with Crippen molar-refractivity contribution in [3.8, 4) is 0 Å². The average molecular weight is 776 g/mol. The van der Waals surface area contributed by atoms with E-state index in [1.165, 1.54) is 65.2 Å². The third kappa shape index (κ3) is 9.14. The monoisotopic (exact) mass is 775 g/mol. The maximum atomic E-state index is 14.0. The van der Waals surface area contributed by atoms with Crippen molar-refractivity contribution in [3.05, 3.63) is 137 Å². The molecule has 0 atom stereocenters. The maximum Gasteiger partial charge on any atom is 0.416 e. The van der Waals surface area contributed by atoms with Crippen molar-refractivity contribution in [2.24, 2.45) is 0 Å². The zero-order valence-corrected chi connectivity index (χ0v) is 30.5. The Hall–Kier alpha value is -5.34. The van der Waals surface area contributed by atoms with Crippen LogP contribution in [0, 0.1) is 11.6 Å². The summed E-state index contributed by atoms with van der Waals surface area (Å²) in [5.41, 5.74) is 2.07. The summed E-state index contributed by atoms with van der Waals surface area (Å²) >= 11 is 1.46. The molecule has 14 heteroatoms. The van der Waals surface area contributed by atoms with Crippen LogP contribution in [0.3, 0.4) is 0 Å². The summed E-state index contributed by atoms with van der Waals surface area (Å²) in [5, 5.41) is 2.79. The summed E-state index contributed by atoms with van der Waals surface area (Å²) < 4.78 is 73.9. The Kier molecular flexibility index (Phi) is 11.4. The van der Waals surface area contributed by atoms with Crippen LogP contribution in [-0.4, -0.2) is 67.6 Å². The van der Waals surface area contributed by atoms with Crippen LogP contribution in [0.4, 0.5) is 43.8 Å². The van der Waals surface area contributed by atoms with E-state index in [2.05, 4.69) is 10.2 Å². The van der Waals surface area contributed by atoms with Crippen molar-refractivity contribution in [3.63, 3.8) is 0 Å². The second kappa shape index (κ2) is 16.6. The smallest absolute Gasteiger partial charge is 0.416 e. The van der Waals surface area contributed by atoms with E-state index in [1.807, 2.05) is 29.2 Å². The van der Waals surface area contributed by atoms with Gasteiger partial charge in [-0.2, -0.15) is 13.2 Å². The number of anilines is 3. The molecule has 0 saturated carbocycles. The van der Waals surface area contributed by atoms with Gasteiger partial charge in [-0.05, 0) is 104 Å². The van der Waals surface area contributed by atoms with Gasteiger partial charge < -0.3 is 19.5 Å². The quantitative estimate of drug-likeness (QED) is 0.135. The van der Waals surface area contributed by atoms with Crippen LogP contribution in [0.5, 0.6) is 0 Å². The number of furan rings is 1. The predicted octanol–water partition coefficient (Wildman–Crippen LogP) is 8.99.